The molecule has 126 valence electrons. The fourth-order valence-corrected chi connectivity index (χ4v) is 2.46. The summed E-state index contributed by atoms with van der Waals surface area (Å²) in [7, 11) is 0. The normalized spacial score (nSPS) is 12.5. The van der Waals surface area contributed by atoms with Gasteiger partial charge in [-0.05, 0) is 19.1 Å². The predicted molar refractivity (Wildman–Crippen MR) is 80.3 cm³/mol. The summed E-state index contributed by atoms with van der Waals surface area (Å²) in [5.41, 5.74) is 0.576. The molecule has 0 spiro atoms. The summed E-state index contributed by atoms with van der Waals surface area (Å²) in [5.74, 6) is 3.44. The average Bonchev–Trinajstić information content (AvgIpc) is 2.88. The molecule has 11 heteroatoms. The van der Waals surface area contributed by atoms with E-state index in [0.29, 0.717) is 5.69 Å². The van der Waals surface area contributed by atoms with Crippen molar-refractivity contribution in [3.8, 4) is 6.07 Å². The maximum Gasteiger partial charge on any atom is 0.453 e. The Labute approximate surface area is 138 Å². The summed E-state index contributed by atoms with van der Waals surface area (Å²) in [5, 5.41) is 16.8. The highest BCUT2D eigenvalue weighted by Crippen LogP contribution is 2.30. The Hall–Kier alpha value is -2.74. The summed E-state index contributed by atoms with van der Waals surface area (Å²) >= 11 is 0.717. The standard InChI is InChI=1S/C13H11F3N6OS/c1-7(10(23)19-9-5-3-2-4-8(9)6-17)24-12-21-20-11(22(12)18)13(14,15)16/h2-5,7H,18H2,1H3,(H,19,23). The van der Waals surface area contributed by atoms with Crippen molar-refractivity contribution in [2.24, 2.45) is 0 Å². The second-order valence-electron chi connectivity index (χ2n) is 4.58. The van der Waals surface area contributed by atoms with Crippen molar-refractivity contribution in [2.45, 2.75) is 23.5 Å². The van der Waals surface area contributed by atoms with E-state index < -0.39 is 23.2 Å². The Balaban J connectivity index is 2.10. The zero-order valence-electron chi connectivity index (χ0n) is 12.2. The quantitative estimate of drug-likeness (QED) is 0.640. The van der Waals surface area contributed by atoms with Crippen molar-refractivity contribution in [1.29, 1.82) is 5.26 Å². The molecule has 1 aromatic heterocycles. The van der Waals surface area contributed by atoms with Gasteiger partial charge in [0, 0.05) is 0 Å². The molecule has 0 saturated heterocycles. The number of carbonyl (C=O) groups is 1. The van der Waals surface area contributed by atoms with Gasteiger partial charge < -0.3 is 11.2 Å². The van der Waals surface area contributed by atoms with Gasteiger partial charge in [0.25, 0.3) is 5.82 Å². The van der Waals surface area contributed by atoms with Crippen LogP contribution in [0.3, 0.4) is 0 Å². The van der Waals surface area contributed by atoms with Crippen LogP contribution < -0.4 is 11.2 Å². The molecule has 0 saturated carbocycles. The lowest BCUT2D eigenvalue weighted by atomic mass is 10.2. The number of thioether (sulfide) groups is 1. The van der Waals surface area contributed by atoms with Crippen LogP contribution in [0.1, 0.15) is 18.3 Å². The van der Waals surface area contributed by atoms with Gasteiger partial charge in [0.2, 0.25) is 11.1 Å². The van der Waals surface area contributed by atoms with E-state index in [9.17, 15) is 18.0 Å². The van der Waals surface area contributed by atoms with E-state index in [4.69, 9.17) is 11.1 Å². The monoisotopic (exact) mass is 356 g/mol. The van der Waals surface area contributed by atoms with Gasteiger partial charge >= 0.3 is 6.18 Å². The molecule has 0 bridgehead atoms. The van der Waals surface area contributed by atoms with Crippen molar-refractivity contribution in [3.63, 3.8) is 0 Å². The number of alkyl halides is 3. The maximum absolute atomic E-state index is 12.6. The third-order valence-corrected chi connectivity index (χ3v) is 3.93. The maximum atomic E-state index is 12.6. The van der Waals surface area contributed by atoms with Gasteiger partial charge in [0.05, 0.1) is 16.5 Å². The number of benzene rings is 1. The van der Waals surface area contributed by atoms with Crippen molar-refractivity contribution < 1.29 is 18.0 Å². The number of nitrogens with one attached hydrogen (secondary N) is 1. The Morgan fingerprint density at radius 1 is 1.42 bits per heavy atom. The fourth-order valence-electron chi connectivity index (χ4n) is 1.69. The van der Waals surface area contributed by atoms with Gasteiger partial charge in [-0.1, -0.05) is 23.9 Å². The van der Waals surface area contributed by atoms with Crippen LogP contribution in [0.5, 0.6) is 0 Å². The zero-order chi connectivity index (χ0) is 17.9. The number of rotatable bonds is 4. The first-order valence-electron chi connectivity index (χ1n) is 6.48. The highest BCUT2D eigenvalue weighted by atomic mass is 32.2. The lowest BCUT2D eigenvalue weighted by Crippen LogP contribution is -2.25. The minimum atomic E-state index is -4.74. The van der Waals surface area contributed by atoms with Crippen molar-refractivity contribution in [3.05, 3.63) is 35.7 Å². The Kier molecular flexibility index (Phi) is 4.99. The van der Waals surface area contributed by atoms with Gasteiger partial charge in [-0.25, -0.2) is 4.68 Å². The highest BCUT2D eigenvalue weighted by Gasteiger charge is 2.38. The molecule has 1 heterocycles. The number of hydrogen-bond donors (Lipinski definition) is 2. The topological polar surface area (TPSA) is 110 Å². The van der Waals surface area contributed by atoms with E-state index in [-0.39, 0.29) is 15.4 Å². The van der Waals surface area contributed by atoms with Crippen molar-refractivity contribution in [1.82, 2.24) is 14.9 Å². The Bertz CT molecular complexity index is 798. The van der Waals surface area contributed by atoms with Crippen LogP contribution in [-0.4, -0.2) is 26.0 Å². The molecule has 1 unspecified atom stereocenters. The number of nitriles is 1. The van der Waals surface area contributed by atoms with E-state index in [2.05, 4.69) is 15.5 Å². The molecule has 24 heavy (non-hydrogen) atoms. The van der Waals surface area contributed by atoms with Gasteiger partial charge in [0.15, 0.2) is 0 Å². The van der Waals surface area contributed by atoms with Crippen LogP contribution in [0.15, 0.2) is 29.4 Å². The van der Waals surface area contributed by atoms with Crippen molar-refractivity contribution >= 4 is 23.4 Å². The van der Waals surface area contributed by atoms with Crippen LogP contribution in [-0.2, 0) is 11.0 Å². The number of nitrogens with zero attached hydrogens (tertiary/aromatic N) is 4. The van der Waals surface area contributed by atoms with Crippen LogP contribution in [0.25, 0.3) is 0 Å². The third kappa shape index (κ3) is 3.77. The number of anilines is 1. The van der Waals surface area contributed by atoms with Gasteiger partial charge in [-0.15, -0.1) is 10.2 Å². The SMILES string of the molecule is CC(Sc1nnc(C(F)(F)F)n1N)C(=O)Nc1ccccc1C#N. The van der Waals surface area contributed by atoms with E-state index in [0.717, 1.165) is 11.8 Å². The lowest BCUT2D eigenvalue weighted by molar-refractivity contribution is -0.146. The molecule has 0 aliphatic heterocycles. The Morgan fingerprint density at radius 2 is 2.08 bits per heavy atom. The first-order chi connectivity index (χ1) is 11.2. The molecule has 1 aromatic carbocycles. The molecule has 1 atom stereocenters. The first kappa shape index (κ1) is 17.6. The minimum absolute atomic E-state index is 0.251. The molecule has 0 fully saturated rings. The third-order valence-electron chi connectivity index (χ3n) is 2.87. The van der Waals surface area contributed by atoms with Crippen LogP contribution in [0.4, 0.5) is 18.9 Å². The molecule has 2 rings (SSSR count). The molecular formula is C13H11F3N6OS. The number of aromatic nitrogens is 3. The molecule has 0 aliphatic carbocycles. The van der Waals surface area contributed by atoms with Gasteiger partial charge in [-0.3, -0.25) is 4.79 Å². The molecule has 2 aromatic rings. The van der Waals surface area contributed by atoms with E-state index in [1.54, 1.807) is 18.2 Å². The number of nitrogens with two attached hydrogens (primary N) is 1. The lowest BCUT2D eigenvalue weighted by Gasteiger charge is -2.12. The number of carbonyl (C=O) groups excluding carboxylic acids is 1. The van der Waals surface area contributed by atoms with E-state index >= 15 is 0 Å². The highest BCUT2D eigenvalue weighted by molar-refractivity contribution is 8.00. The second-order valence-corrected chi connectivity index (χ2v) is 5.89. The average molecular weight is 356 g/mol. The Morgan fingerprint density at radius 3 is 2.67 bits per heavy atom. The molecule has 1 amide bonds. The smallest absolute Gasteiger partial charge is 0.335 e. The van der Waals surface area contributed by atoms with E-state index in [1.165, 1.54) is 13.0 Å². The molecule has 7 nitrogen and oxygen atoms in total. The number of para-hydroxylation sites is 1. The molecule has 0 radical (unpaired) electrons. The second kappa shape index (κ2) is 6.79. The summed E-state index contributed by atoms with van der Waals surface area (Å²) in [6, 6.07) is 8.28. The molecule has 0 aliphatic rings. The first-order valence-corrected chi connectivity index (χ1v) is 7.36. The zero-order valence-corrected chi connectivity index (χ0v) is 13.0. The summed E-state index contributed by atoms with van der Waals surface area (Å²) < 4.78 is 38.1. The molecule has 3 N–H and O–H groups in total. The summed E-state index contributed by atoms with van der Waals surface area (Å²) in [6.07, 6.45) is -4.74. The minimum Gasteiger partial charge on any atom is -0.335 e. The fraction of sp³-hybridized carbons (Fsp3) is 0.231. The number of amides is 1. The number of hydrogen-bond acceptors (Lipinski definition) is 6. The van der Waals surface area contributed by atoms with Crippen molar-refractivity contribution in [2.75, 3.05) is 11.2 Å². The van der Waals surface area contributed by atoms with Gasteiger partial charge in [-0.2, -0.15) is 18.4 Å². The predicted octanol–water partition coefficient (Wildman–Crippen LogP) is 2.00. The van der Waals surface area contributed by atoms with Crippen LogP contribution in [0, 0.1) is 11.3 Å². The number of halogens is 3. The van der Waals surface area contributed by atoms with Crippen LogP contribution >= 0.6 is 11.8 Å². The summed E-state index contributed by atoms with van der Waals surface area (Å²) in [6.45, 7) is 1.47. The summed E-state index contributed by atoms with van der Waals surface area (Å²) in [4.78, 5) is 12.1. The van der Waals surface area contributed by atoms with E-state index in [1.807, 2.05) is 6.07 Å². The van der Waals surface area contributed by atoms with Gasteiger partial charge in [0.1, 0.15) is 6.07 Å². The number of nitrogen functional groups attached to an aromatic ring is 1. The van der Waals surface area contributed by atoms with Crippen LogP contribution in [0.2, 0.25) is 0 Å². The molecular weight excluding hydrogens is 345 g/mol. The largest absolute Gasteiger partial charge is 0.453 e.